The van der Waals surface area contributed by atoms with Gasteiger partial charge in [0.05, 0.1) is 0 Å². The molecule has 8 heteroatoms. The monoisotopic (exact) mass is 386 g/mol. The van der Waals surface area contributed by atoms with Crippen LogP contribution >= 0.6 is 0 Å². The SMILES string of the molecule is O=C1N[C@@]2(CCc3ccccc32)C(=O)N1CCS(=O)(=O)Oc1ccccc1. The summed E-state index contributed by atoms with van der Waals surface area (Å²) in [6.45, 7) is -0.260. The number of imide groups is 1. The first kappa shape index (κ1) is 17.5. The van der Waals surface area contributed by atoms with Gasteiger partial charge in [-0.15, -0.1) is 0 Å². The van der Waals surface area contributed by atoms with E-state index in [0.29, 0.717) is 12.8 Å². The molecular formula is C19H18N2O5S. The number of nitrogens with zero attached hydrogens (tertiary/aromatic N) is 1. The Kier molecular flexibility index (Phi) is 4.15. The molecule has 0 aromatic heterocycles. The quantitative estimate of drug-likeness (QED) is 0.625. The summed E-state index contributed by atoms with van der Waals surface area (Å²) >= 11 is 0. The number of urea groups is 1. The highest BCUT2D eigenvalue weighted by Crippen LogP contribution is 2.41. The van der Waals surface area contributed by atoms with Gasteiger partial charge in [-0.3, -0.25) is 9.69 Å². The van der Waals surface area contributed by atoms with Crippen molar-refractivity contribution in [1.82, 2.24) is 10.2 Å². The zero-order chi connectivity index (χ0) is 19.1. The Hall–Kier alpha value is -2.87. The van der Waals surface area contributed by atoms with Crippen LogP contribution in [0.4, 0.5) is 4.79 Å². The van der Waals surface area contributed by atoms with Gasteiger partial charge in [0.2, 0.25) is 0 Å². The largest absolute Gasteiger partial charge is 0.382 e. The summed E-state index contributed by atoms with van der Waals surface area (Å²) in [7, 11) is -3.94. The van der Waals surface area contributed by atoms with E-state index in [9.17, 15) is 18.0 Å². The van der Waals surface area contributed by atoms with Crippen molar-refractivity contribution < 1.29 is 22.2 Å². The first-order valence-corrected chi connectivity index (χ1v) is 10.2. The van der Waals surface area contributed by atoms with Crippen LogP contribution in [-0.4, -0.2) is 37.6 Å². The predicted molar refractivity (Wildman–Crippen MR) is 97.5 cm³/mol. The minimum absolute atomic E-state index is 0.191. The molecule has 0 saturated carbocycles. The smallest absolute Gasteiger partial charge is 0.325 e. The van der Waals surface area contributed by atoms with Crippen LogP contribution in [0, 0.1) is 0 Å². The molecule has 1 fully saturated rings. The van der Waals surface area contributed by atoms with Crippen molar-refractivity contribution in [3.8, 4) is 5.75 Å². The van der Waals surface area contributed by atoms with Crippen LogP contribution in [-0.2, 0) is 26.9 Å². The van der Waals surface area contributed by atoms with Crippen LogP contribution in [0.1, 0.15) is 17.5 Å². The lowest BCUT2D eigenvalue weighted by atomic mass is 9.92. The fraction of sp³-hybridized carbons (Fsp3) is 0.263. The second-order valence-electron chi connectivity index (χ2n) is 6.61. The lowest BCUT2D eigenvalue weighted by molar-refractivity contribution is -0.131. The number of rotatable bonds is 5. The molecule has 1 saturated heterocycles. The molecule has 2 aromatic rings. The summed E-state index contributed by atoms with van der Waals surface area (Å²) in [4.78, 5) is 26.3. The summed E-state index contributed by atoms with van der Waals surface area (Å²) < 4.78 is 29.4. The van der Waals surface area contributed by atoms with E-state index in [1.165, 1.54) is 12.1 Å². The molecule has 0 radical (unpaired) electrons. The third kappa shape index (κ3) is 3.06. The van der Waals surface area contributed by atoms with Crippen LogP contribution in [0.3, 0.4) is 0 Å². The Bertz CT molecular complexity index is 1010. The Labute approximate surface area is 157 Å². The molecule has 0 unspecified atom stereocenters. The summed E-state index contributed by atoms with van der Waals surface area (Å²) in [5, 5.41) is 2.77. The molecule has 27 heavy (non-hydrogen) atoms. The number of carbonyl (C=O) groups excluding carboxylic acids is 2. The number of hydrogen-bond donors (Lipinski definition) is 1. The van der Waals surface area contributed by atoms with Crippen LogP contribution < -0.4 is 9.50 Å². The van der Waals surface area contributed by atoms with E-state index in [0.717, 1.165) is 16.0 Å². The highest BCUT2D eigenvalue weighted by molar-refractivity contribution is 7.87. The summed E-state index contributed by atoms with van der Waals surface area (Å²) in [6, 6.07) is 15.0. The fourth-order valence-electron chi connectivity index (χ4n) is 3.66. The minimum Gasteiger partial charge on any atom is -0.382 e. The molecule has 1 atom stereocenters. The van der Waals surface area contributed by atoms with Crippen LogP contribution in [0.25, 0.3) is 0 Å². The van der Waals surface area contributed by atoms with Gasteiger partial charge in [0.25, 0.3) is 5.91 Å². The second kappa shape index (κ2) is 6.38. The third-order valence-corrected chi connectivity index (χ3v) is 6.08. The summed E-state index contributed by atoms with van der Waals surface area (Å²) in [5.74, 6) is -0.693. The van der Waals surface area contributed by atoms with Crippen molar-refractivity contribution in [2.45, 2.75) is 18.4 Å². The van der Waals surface area contributed by atoms with E-state index < -0.39 is 33.3 Å². The molecule has 2 aliphatic rings. The first-order valence-electron chi connectivity index (χ1n) is 8.61. The van der Waals surface area contributed by atoms with Crippen molar-refractivity contribution in [1.29, 1.82) is 0 Å². The van der Waals surface area contributed by atoms with Gasteiger partial charge in [0.1, 0.15) is 17.0 Å². The molecule has 1 aliphatic carbocycles. The van der Waals surface area contributed by atoms with Crippen LogP contribution in [0.2, 0.25) is 0 Å². The second-order valence-corrected chi connectivity index (χ2v) is 8.30. The van der Waals surface area contributed by atoms with Gasteiger partial charge in [0, 0.05) is 6.54 Å². The Morgan fingerprint density at radius 2 is 1.74 bits per heavy atom. The van der Waals surface area contributed by atoms with Gasteiger partial charge in [-0.25, -0.2) is 4.79 Å². The van der Waals surface area contributed by atoms with Gasteiger partial charge in [-0.1, -0.05) is 42.5 Å². The van der Waals surface area contributed by atoms with Crippen molar-refractivity contribution in [3.05, 3.63) is 65.7 Å². The number of carbonyl (C=O) groups is 2. The van der Waals surface area contributed by atoms with Gasteiger partial charge in [-0.05, 0) is 36.1 Å². The Balaban J connectivity index is 1.49. The molecule has 1 N–H and O–H groups in total. The molecule has 4 rings (SSSR count). The van der Waals surface area contributed by atoms with E-state index in [4.69, 9.17) is 4.18 Å². The minimum atomic E-state index is -3.94. The van der Waals surface area contributed by atoms with Crippen molar-refractivity contribution in [2.75, 3.05) is 12.3 Å². The third-order valence-electron chi connectivity index (χ3n) is 4.95. The molecule has 2 aromatic carbocycles. The lowest BCUT2D eigenvalue weighted by Gasteiger charge is -2.22. The summed E-state index contributed by atoms with van der Waals surface area (Å²) in [6.07, 6.45) is 1.16. The number of fused-ring (bicyclic) bond motifs is 2. The topological polar surface area (TPSA) is 92.8 Å². The van der Waals surface area contributed by atoms with Gasteiger partial charge < -0.3 is 9.50 Å². The maximum absolute atomic E-state index is 13.0. The first-order chi connectivity index (χ1) is 12.9. The standard InChI is InChI=1S/C19H18N2O5S/c22-17-19(11-10-14-6-4-5-9-16(14)19)20-18(23)21(17)12-13-27(24,25)26-15-7-2-1-3-8-15/h1-9H,10-13H2,(H,20,23)/t19-/m1/s1. The maximum atomic E-state index is 13.0. The van der Waals surface area contributed by atoms with Crippen LogP contribution in [0.15, 0.2) is 54.6 Å². The molecule has 0 bridgehead atoms. The molecule has 1 spiro atoms. The van der Waals surface area contributed by atoms with Crippen molar-refractivity contribution in [2.24, 2.45) is 0 Å². The fourth-order valence-corrected chi connectivity index (χ4v) is 4.55. The van der Waals surface area contributed by atoms with E-state index in [1.807, 2.05) is 24.3 Å². The van der Waals surface area contributed by atoms with Gasteiger partial charge >= 0.3 is 16.1 Å². The lowest BCUT2D eigenvalue weighted by Crippen LogP contribution is -2.42. The molecule has 1 heterocycles. The normalized spacial score (nSPS) is 21.4. The number of aryl methyl sites for hydroxylation is 1. The van der Waals surface area contributed by atoms with E-state index in [1.54, 1.807) is 18.2 Å². The predicted octanol–water partition coefficient (Wildman–Crippen LogP) is 1.79. The summed E-state index contributed by atoms with van der Waals surface area (Å²) in [5.41, 5.74) is 0.722. The maximum Gasteiger partial charge on any atom is 0.325 e. The van der Waals surface area contributed by atoms with Crippen molar-refractivity contribution >= 4 is 22.1 Å². The van der Waals surface area contributed by atoms with E-state index >= 15 is 0 Å². The number of benzene rings is 2. The van der Waals surface area contributed by atoms with Crippen LogP contribution in [0.5, 0.6) is 5.75 Å². The van der Waals surface area contributed by atoms with Gasteiger partial charge in [0.15, 0.2) is 0 Å². The van der Waals surface area contributed by atoms with E-state index in [-0.39, 0.29) is 12.3 Å². The highest BCUT2D eigenvalue weighted by atomic mass is 32.2. The number of hydrogen-bond acceptors (Lipinski definition) is 5. The Morgan fingerprint density at radius 3 is 2.52 bits per heavy atom. The average Bonchev–Trinajstić information content (AvgIpc) is 3.13. The number of amides is 3. The number of para-hydroxylation sites is 1. The molecule has 1 aliphatic heterocycles. The molecule has 3 amide bonds. The average molecular weight is 386 g/mol. The molecular weight excluding hydrogens is 368 g/mol. The number of nitrogens with one attached hydrogen (secondary N) is 1. The highest BCUT2D eigenvalue weighted by Gasteiger charge is 2.55. The Morgan fingerprint density at radius 1 is 1.04 bits per heavy atom. The molecule has 140 valence electrons. The van der Waals surface area contributed by atoms with E-state index in [2.05, 4.69) is 5.32 Å². The molecule has 7 nitrogen and oxygen atoms in total. The zero-order valence-corrected chi connectivity index (χ0v) is 15.2. The van der Waals surface area contributed by atoms with Crippen molar-refractivity contribution in [3.63, 3.8) is 0 Å². The van der Waals surface area contributed by atoms with Gasteiger partial charge in [-0.2, -0.15) is 8.42 Å². The zero-order valence-electron chi connectivity index (χ0n) is 14.4.